The number of aryl methyl sites for hydroxylation is 1. The van der Waals surface area contributed by atoms with Crippen molar-refractivity contribution in [1.82, 2.24) is 0 Å². The highest BCUT2D eigenvalue weighted by molar-refractivity contribution is 6.86. The van der Waals surface area contributed by atoms with Gasteiger partial charge in [-0.2, -0.15) is 0 Å². The van der Waals surface area contributed by atoms with Gasteiger partial charge < -0.3 is 13.6 Å². The van der Waals surface area contributed by atoms with Crippen molar-refractivity contribution in [1.29, 1.82) is 0 Å². The fraction of sp³-hybridized carbons (Fsp3) is 0.500. The minimum absolute atomic E-state index is 0.415. The average molecular weight is 322 g/mol. The molecule has 6 heteroatoms. The molecule has 120 valence electrons. The number of hydrogen-bond donors (Lipinski definition) is 0. The Labute approximate surface area is 131 Å². The van der Waals surface area contributed by atoms with Crippen LogP contribution in [0.5, 0.6) is 0 Å². The lowest BCUT2D eigenvalue weighted by atomic mass is 10.1. The lowest BCUT2D eigenvalue weighted by Gasteiger charge is -2.48. The van der Waals surface area contributed by atoms with Crippen LogP contribution in [0.3, 0.4) is 0 Å². The fourth-order valence-electron chi connectivity index (χ4n) is 2.86. The number of carbonyl (C=O) groups excluding carboxylic acids is 2. The summed E-state index contributed by atoms with van der Waals surface area (Å²) in [6.45, 7) is 7.52. The predicted molar refractivity (Wildman–Crippen MR) is 83.9 cm³/mol. The molecule has 0 aliphatic carbocycles. The van der Waals surface area contributed by atoms with Gasteiger partial charge in [-0.1, -0.05) is 38.1 Å². The van der Waals surface area contributed by atoms with Crippen LogP contribution < -0.4 is 5.19 Å². The highest BCUT2D eigenvalue weighted by Gasteiger charge is 2.66. The van der Waals surface area contributed by atoms with Gasteiger partial charge in [0.15, 0.2) is 0 Å². The second-order valence-electron chi connectivity index (χ2n) is 5.87. The summed E-state index contributed by atoms with van der Waals surface area (Å²) >= 11 is 0. The van der Waals surface area contributed by atoms with E-state index in [9.17, 15) is 9.59 Å². The molecule has 0 spiro atoms. The third-order valence-electron chi connectivity index (χ3n) is 3.96. The smallest absolute Gasteiger partial charge is 0.481 e. The Hall–Kier alpha value is -1.66. The second-order valence-corrected chi connectivity index (χ2v) is 9.26. The predicted octanol–water partition coefficient (Wildman–Crippen LogP) is 1.81. The molecule has 1 aliphatic rings. The topological polar surface area (TPSA) is 61.8 Å². The molecule has 0 bridgehead atoms. The molecular weight excluding hydrogens is 300 g/mol. The van der Waals surface area contributed by atoms with Gasteiger partial charge in [-0.05, 0) is 12.0 Å². The second kappa shape index (κ2) is 6.22. The molecule has 1 aromatic rings. The quantitative estimate of drug-likeness (QED) is 0.774. The lowest BCUT2D eigenvalue weighted by Crippen LogP contribution is -2.69. The van der Waals surface area contributed by atoms with Crippen LogP contribution in [0.15, 0.2) is 24.3 Å². The molecule has 0 aromatic heterocycles. The molecule has 5 nitrogen and oxygen atoms in total. The summed E-state index contributed by atoms with van der Waals surface area (Å²) in [5.74, 6) is -0.876. The van der Waals surface area contributed by atoms with E-state index in [4.69, 9.17) is 13.6 Å². The van der Waals surface area contributed by atoms with Crippen molar-refractivity contribution in [2.24, 2.45) is 0 Å². The molecule has 0 unspecified atom stereocenters. The van der Waals surface area contributed by atoms with Gasteiger partial charge in [-0.25, -0.2) is 0 Å². The molecule has 1 heterocycles. The molecule has 22 heavy (non-hydrogen) atoms. The highest BCUT2D eigenvalue weighted by Crippen LogP contribution is 2.46. The van der Waals surface area contributed by atoms with Gasteiger partial charge in [-0.15, -0.1) is 0 Å². The first-order valence-corrected chi connectivity index (χ1v) is 9.21. The van der Waals surface area contributed by atoms with Crippen molar-refractivity contribution in [2.45, 2.75) is 39.2 Å². The van der Waals surface area contributed by atoms with Crippen LogP contribution in [0.4, 0.5) is 0 Å². The third-order valence-corrected chi connectivity index (χ3v) is 8.19. The molecule has 0 saturated carbocycles. The highest BCUT2D eigenvalue weighted by atomic mass is 28.4. The Balaban J connectivity index is 2.65. The molecule has 1 aliphatic heterocycles. The van der Waals surface area contributed by atoms with Gasteiger partial charge in [0, 0.05) is 19.0 Å². The first-order valence-electron chi connectivity index (χ1n) is 7.40. The Morgan fingerprint density at radius 2 is 1.73 bits per heavy atom. The standard InChI is InChI=1S/C16H22O5Si/c1-5-14-8-6-7-9-15(14)22(20-12(2)17,21-13(3)18)16(4)10-19-11-16/h6-9H,5,10-11H2,1-4H3. The molecule has 0 radical (unpaired) electrons. The number of ether oxygens (including phenoxy) is 1. The maximum Gasteiger partial charge on any atom is 0.510 e. The molecule has 0 atom stereocenters. The van der Waals surface area contributed by atoms with Crippen molar-refractivity contribution in [3.8, 4) is 0 Å². The van der Waals surface area contributed by atoms with Crippen molar-refractivity contribution < 1.29 is 23.2 Å². The number of hydrogen-bond acceptors (Lipinski definition) is 5. The maximum atomic E-state index is 11.8. The molecule has 1 fully saturated rings. The zero-order chi connectivity index (χ0) is 16.4. The number of carbonyl (C=O) groups is 2. The van der Waals surface area contributed by atoms with Crippen LogP contribution in [0, 0.1) is 0 Å². The van der Waals surface area contributed by atoms with Crippen LogP contribution in [0.25, 0.3) is 0 Å². The SMILES string of the molecule is CCc1ccccc1[Si](OC(C)=O)(OC(C)=O)C1(C)COC1. The minimum atomic E-state index is -3.33. The van der Waals surface area contributed by atoms with Crippen LogP contribution in [-0.4, -0.2) is 33.7 Å². The van der Waals surface area contributed by atoms with E-state index < -0.39 is 25.5 Å². The first kappa shape index (κ1) is 16.7. The van der Waals surface area contributed by atoms with Gasteiger partial charge in [0.1, 0.15) is 0 Å². The van der Waals surface area contributed by atoms with Gasteiger partial charge >= 0.3 is 8.56 Å². The van der Waals surface area contributed by atoms with E-state index in [-0.39, 0.29) is 0 Å². The summed E-state index contributed by atoms with van der Waals surface area (Å²) in [6.07, 6.45) is 0.768. The third kappa shape index (κ3) is 2.80. The van der Waals surface area contributed by atoms with Gasteiger partial charge in [0.25, 0.3) is 11.9 Å². The Kier molecular flexibility index (Phi) is 4.72. The van der Waals surface area contributed by atoms with E-state index in [1.165, 1.54) is 13.8 Å². The normalized spacial score (nSPS) is 16.5. The zero-order valence-corrected chi connectivity index (χ0v) is 14.5. The molecule has 0 N–H and O–H groups in total. The summed E-state index contributed by atoms with van der Waals surface area (Å²) in [7, 11) is -3.33. The van der Waals surface area contributed by atoms with Crippen LogP contribution in [0.2, 0.25) is 5.04 Å². The maximum absolute atomic E-state index is 11.8. The molecule has 1 saturated heterocycles. The van der Waals surface area contributed by atoms with Gasteiger partial charge in [0.2, 0.25) is 0 Å². The molecular formula is C16H22O5Si. The van der Waals surface area contributed by atoms with Crippen molar-refractivity contribution in [3.05, 3.63) is 29.8 Å². The van der Waals surface area contributed by atoms with Crippen LogP contribution in [-0.2, 0) is 29.6 Å². The molecule has 0 amide bonds. The Morgan fingerprint density at radius 1 is 1.18 bits per heavy atom. The van der Waals surface area contributed by atoms with E-state index in [1.54, 1.807) is 0 Å². The minimum Gasteiger partial charge on any atom is -0.481 e. The van der Waals surface area contributed by atoms with E-state index in [1.807, 2.05) is 38.1 Å². The number of rotatable bonds is 5. The largest absolute Gasteiger partial charge is 0.510 e. The number of benzene rings is 1. The van der Waals surface area contributed by atoms with Crippen LogP contribution in [0.1, 0.15) is 33.3 Å². The molecule has 2 rings (SSSR count). The van der Waals surface area contributed by atoms with Crippen molar-refractivity contribution in [2.75, 3.05) is 13.2 Å². The molecule has 1 aromatic carbocycles. The van der Waals surface area contributed by atoms with E-state index in [2.05, 4.69) is 0 Å². The van der Waals surface area contributed by atoms with E-state index in [0.29, 0.717) is 13.2 Å². The lowest BCUT2D eigenvalue weighted by molar-refractivity contribution is -0.141. The van der Waals surface area contributed by atoms with E-state index in [0.717, 1.165) is 17.2 Å². The summed E-state index contributed by atoms with van der Waals surface area (Å²) in [5, 5.41) is 0.365. The summed E-state index contributed by atoms with van der Waals surface area (Å²) < 4.78 is 16.9. The summed E-state index contributed by atoms with van der Waals surface area (Å²) in [5.41, 5.74) is 1.03. The zero-order valence-electron chi connectivity index (χ0n) is 13.5. The van der Waals surface area contributed by atoms with Gasteiger partial charge in [-0.3, -0.25) is 9.59 Å². The van der Waals surface area contributed by atoms with Crippen molar-refractivity contribution >= 4 is 25.7 Å². The van der Waals surface area contributed by atoms with Gasteiger partial charge in [0.05, 0.1) is 18.3 Å². The average Bonchev–Trinajstić information content (AvgIpc) is 2.42. The summed E-state index contributed by atoms with van der Waals surface area (Å²) in [6, 6.07) is 7.70. The van der Waals surface area contributed by atoms with E-state index >= 15 is 0 Å². The monoisotopic (exact) mass is 322 g/mol. The fourth-order valence-corrected chi connectivity index (χ4v) is 6.65. The summed E-state index contributed by atoms with van der Waals surface area (Å²) in [4.78, 5) is 23.6. The van der Waals surface area contributed by atoms with Crippen LogP contribution >= 0.6 is 0 Å². The Bertz CT molecular complexity index is 564. The Morgan fingerprint density at radius 3 is 2.14 bits per heavy atom. The first-order chi connectivity index (χ1) is 10.3. The van der Waals surface area contributed by atoms with Crippen molar-refractivity contribution in [3.63, 3.8) is 0 Å².